The minimum Gasteiger partial charge on any atom is -0.390 e. The molecule has 1 fully saturated rings. The van der Waals surface area contributed by atoms with Crippen LogP contribution in [0.15, 0.2) is 0 Å². The van der Waals surface area contributed by atoms with E-state index in [-0.39, 0.29) is 6.42 Å². The van der Waals surface area contributed by atoms with Crippen molar-refractivity contribution in [2.75, 3.05) is 19.8 Å². The van der Waals surface area contributed by atoms with Gasteiger partial charge in [-0.25, -0.2) is 0 Å². The Kier molecular flexibility index (Phi) is 10.2. The number of ether oxygens (including phenoxy) is 3. The Hall–Kier alpha value is -0.200. The van der Waals surface area contributed by atoms with Gasteiger partial charge in [-0.2, -0.15) is 0 Å². The fourth-order valence-electron chi connectivity index (χ4n) is 2.50. The number of rotatable bonds is 11. The molecule has 0 radical (unpaired) electrons. The molecule has 5 nitrogen and oxygen atoms in total. The summed E-state index contributed by atoms with van der Waals surface area (Å²) >= 11 is 0. The molecule has 0 aromatic rings. The predicted octanol–water partition coefficient (Wildman–Crippen LogP) is 2.24. The third-order valence-electron chi connectivity index (χ3n) is 3.75. The molecular weight excluding hydrogens is 272 g/mol. The van der Waals surface area contributed by atoms with Gasteiger partial charge in [0.1, 0.15) is 12.2 Å². The second-order valence-corrected chi connectivity index (χ2v) is 5.76. The highest BCUT2D eigenvalue weighted by molar-refractivity contribution is 4.84. The summed E-state index contributed by atoms with van der Waals surface area (Å²) in [5.41, 5.74) is 0. The quantitative estimate of drug-likeness (QED) is 0.573. The van der Waals surface area contributed by atoms with Gasteiger partial charge < -0.3 is 24.4 Å². The molecule has 1 aliphatic rings. The van der Waals surface area contributed by atoms with E-state index in [0.717, 1.165) is 38.5 Å². The molecule has 1 unspecified atom stereocenters. The Morgan fingerprint density at radius 1 is 1.00 bits per heavy atom. The van der Waals surface area contributed by atoms with Crippen LogP contribution >= 0.6 is 0 Å². The van der Waals surface area contributed by atoms with E-state index in [1.807, 2.05) is 0 Å². The first kappa shape index (κ1) is 18.8. The van der Waals surface area contributed by atoms with Gasteiger partial charge in [-0.05, 0) is 12.8 Å². The van der Waals surface area contributed by atoms with Crippen LogP contribution in [-0.2, 0) is 14.2 Å². The fraction of sp³-hybridized carbons (Fsp3) is 1.00. The van der Waals surface area contributed by atoms with Crippen LogP contribution in [0.5, 0.6) is 0 Å². The molecular formula is C16H32O5. The van der Waals surface area contributed by atoms with E-state index in [9.17, 15) is 10.2 Å². The van der Waals surface area contributed by atoms with E-state index < -0.39 is 24.6 Å². The van der Waals surface area contributed by atoms with Crippen LogP contribution in [0.25, 0.3) is 0 Å². The molecule has 126 valence electrons. The zero-order valence-electron chi connectivity index (χ0n) is 13.5. The Morgan fingerprint density at radius 2 is 1.67 bits per heavy atom. The van der Waals surface area contributed by atoms with E-state index in [0.29, 0.717) is 19.8 Å². The topological polar surface area (TPSA) is 68.2 Å². The molecule has 0 saturated carbocycles. The standard InChI is InChI=1S/C16H32O5/c1-3-5-7-9-19-12-14-16(20-10-8-6-4-2)13(17)11-15(18)21-14/h13-18H,3-12H2,1-2H3/t13-,14-,15?,16+/m1/s1. The molecule has 0 amide bonds. The molecule has 1 rings (SSSR count). The largest absolute Gasteiger partial charge is 0.390 e. The van der Waals surface area contributed by atoms with Crippen LogP contribution < -0.4 is 0 Å². The van der Waals surface area contributed by atoms with Crippen molar-refractivity contribution in [3.63, 3.8) is 0 Å². The monoisotopic (exact) mass is 304 g/mol. The molecule has 2 N–H and O–H groups in total. The Balaban J connectivity index is 2.34. The first-order valence-corrected chi connectivity index (χ1v) is 8.40. The lowest BCUT2D eigenvalue weighted by Crippen LogP contribution is -2.51. The van der Waals surface area contributed by atoms with Crippen molar-refractivity contribution in [3.8, 4) is 0 Å². The molecule has 5 heteroatoms. The van der Waals surface area contributed by atoms with Crippen LogP contribution in [0.2, 0.25) is 0 Å². The van der Waals surface area contributed by atoms with E-state index in [4.69, 9.17) is 14.2 Å². The van der Waals surface area contributed by atoms with Crippen molar-refractivity contribution in [1.82, 2.24) is 0 Å². The van der Waals surface area contributed by atoms with Crippen molar-refractivity contribution in [2.45, 2.75) is 83.4 Å². The van der Waals surface area contributed by atoms with Crippen molar-refractivity contribution >= 4 is 0 Å². The molecule has 1 heterocycles. The molecule has 0 bridgehead atoms. The van der Waals surface area contributed by atoms with Crippen molar-refractivity contribution in [2.24, 2.45) is 0 Å². The minimum atomic E-state index is -0.931. The van der Waals surface area contributed by atoms with Crippen LogP contribution in [0, 0.1) is 0 Å². The number of hydrogen-bond donors (Lipinski definition) is 2. The summed E-state index contributed by atoms with van der Waals surface area (Å²) in [7, 11) is 0. The van der Waals surface area contributed by atoms with E-state index in [1.165, 1.54) is 0 Å². The number of hydrogen-bond acceptors (Lipinski definition) is 5. The van der Waals surface area contributed by atoms with Crippen LogP contribution in [0.4, 0.5) is 0 Å². The highest BCUT2D eigenvalue weighted by Gasteiger charge is 2.38. The summed E-state index contributed by atoms with van der Waals surface area (Å²) in [6, 6.07) is 0. The molecule has 4 atom stereocenters. The maximum atomic E-state index is 10.1. The first-order valence-electron chi connectivity index (χ1n) is 8.40. The Morgan fingerprint density at radius 3 is 2.33 bits per heavy atom. The fourth-order valence-corrected chi connectivity index (χ4v) is 2.50. The maximum Gasteiger partial charge on any atom is 0.157 e. The minimum absolute atomic E-state index is 0.199. The van der Waals surface area contributed by atoms with Gasteiger partial charge in [-0.15, -0.1) is 0 Å². The van der Waals surface area contributed by atoms with Crippen LogP contribution in [0.3, 0.4) is 0 Å². The summed E-state index contributed by atoms with van der Waals surface area (Å²) in [6.07, 6.45) is 4.33. The molecule has 1 saturated heterocycles. The number of aliphatic hydroxyl groups excluding tert-OH is 2. The highest BCUT2D eigenvalue weighted by Crippen LogP contribution is 2.22. The zero-order valence-corrected chi connectivity index (χ0v) is 13.5. The summed E-state index contributed by atoms with van der Waals surface area (Å²) in [4.78, 5) is 0. The lowest BCUT2D eigenvalue weighted by Gasteiger charge is -2.37. The van der Waals surface area contributed by atoms with Crippen molar-refractivity contribution < 1.29 is 24.4 Å². The second-order valence-electron chi connectivity index (χ2n) is 5.76. The van der Waals surface area contributed by atoms with Crippen molar-refractivity contribution in [3.05, 3.63) is 0 Å². The third kappa shape index (κ3) is 7.56. The van der Waals surface area contributed by atoms with Gasteiger partial charge >= 0.3 is 0 Å². The van der Waals surface area contributed by atoms with Gasteiger partial charge in [0.15, 0.2) is 6.29 Å². The summed E-state index contributed by atoms with van der Waals surface area (Å²) in [5.74, 6) is 0. The van der Waals surface area contributed by atoms with Gasteiger partial charge in [-0.3, -0.25) is 0 Å². The third-order valence-corrected chi connectivity index (χ3v) is 3.75. The molecule has 21 heavy (non-hydrogen) atoms. The SMILES string of the molecule is CCCCCOC[C@H]1OC(O)C[C@@H](O)[C@@H]1OCCCCC. The lowest BCUT2D eigenvalue weighted by atomic mass is 10.0. The Bertz CT molecular complexity index is 249. The summed E-state index contributed by atoms with van der Waals surface area (Å²) in [6.45, 7) is 5.94. The van der Waals surface area contributed by atoms with Crippen LogP contribution in [-0.4, -0.2) is 54.6 Å². The average Bonchev–Trinajstić information content (AvgIpc) is 2.45. The van der Waals surface area contributed by atoms with Gasteiger partial charge in [0.05, 0.1) is 12.7 Å². The molecule has 0 aromatic carbocycles. The van der Waals surface area contributed by atoms with Gasteiger partial charge in [-0.1, -0.05) is 39.5 Å². The van der Waals surface area contributed by atoms with Gasteiger partial charge in [0.2, 0.25) is 0 Å². The normalized spacial score (nSPS) is 29.7. The molecule has 0 aromatic heterocycles. The average molecular weight is 304 g/mol. The van der Waals surface area contributed by atoms with Gasteiger partial charge in [0.25, 0.3) is 0 Å². The summed E-state index contributed by atoms with van der Waals surface area (Å²) < 4.78 is 16.9. The van der Waals surface area contributed by atoms with Crippen LogP contribution in [0.1, 0.15) is 58.8 Å². The predicted molar refractivity (Wildman–Crippen MR) is 81.1 cm³/mol. The van der Waals surface area contributed by atoms with E-state index in [1.54, 1.807) is 0 Å². The smallest absolute Gasteiger partial charge is 0.157 e. The highest BCUT2D eigenvalue weighted by atomic mass is 16.6. The first-order chi connectivity index (χ1) is 10.2. The summed E-state index contributed by atoms with van der Waals surface area (Å²) in [5, 5.41) is 19.7. The molecule has 1 aliphatic heterocycles. The zero-order chi connectivity index (χ0) is 15.5. The van der Waals surface area contributed by atoms with E-state index in [2.05, 4.69) is 13.8 Å². The number of aliphatic hydroxyl groups is 2. The Labute approximate surface area is 128 Å². The van der Waals surface area contributed by atoms with Crippen molar-refractivity contribution in [1.29, 1.82) is 0 Å². The molecule has 0 aliphatic carbocycles. The number of unbranched alkanes of at least 4 members (excludes halogenated alkanes) is 4. The maximum absolute atomic E-state index is 10.1. The second kappa shape index (κ2) is 11.4. The molecule has 0 spiro atoms. The lowest BCUT2D eigenvalue weighted by molar-refractivity contribution is -0.253. The van der Waals surface area contributed by atoms with Gasteiger partial charge in [0, 0.05) is 19.6 Å². The van der Waals surface area contributed by atoms with E-state index >= 15 is 0 Å².